The van der Waals surface area contributed by atoms with Crippen molar-refractivity contribution in [2.75, 3.05) is 18.7 Å². The average Bonchev–Trinajstić information content (AvgIpc) is 3.38. The highest BCUT2D eigenvalue weighted by Crippen LogP contribution is 2.34. The zero-order valence-electron chi connectivity index (χ0n) is 18.0. The lowest BCUT2D eigenvalue weighted by atomic mass is 10.2. The van der Waals surface area contributed by atoms with E-state index in [-0.39, 0.29) is 18.3 Å². The van der Waals surface area contributed by atoms with Crippen molar-refractivity contribution in [2.24, 2.45) is 0 Å². The van der Waals surface area contributed by atoms with E-state index in [1.807, 2.05) is 38.1 Å². The molecule has 10 heteroatoms. The van der Waals surface area contributed by atoms with Crippen molar-refractivity contribution >= 4 is 51.7 Å². The molecule has 33 heavy (non-hydrogen) atoms. The van der Waals surface area contributed by atoms with E-state index in [1.165, 1.54) is 21.1 Å². The number of thiocarbonyl (C=S) groups is 1. The Hall–Kier alpha value is -3.37. The van der Waals surface area contributed by atoms with Gasteiger partial charge in [0, 0.05) is 19.3 Å². The topological polar surface area (TPSA) is 85.2 Å². The molecule has 2 aliphatic rings. The number of nitrogens with zero attached hydrogens (tertiary/aromatic N) is 3. The molecule has 168 valence electrons. The number of ether oxygens (including phenoxy) is 2. The summed E-state index contributed by atoms with van der Waals surface area (Å²) in [6.07, 6.45) is 3.32. The first kappa shape index (κ1) is 21.5. The summed E-state index contributed by atoms with van der Waals surface area (Å²) in [7, 11) is 0. The molecule has 0 atom stereocenters. The Morgan fingerprint density at radius 2 is 2.03 bits per heavy atom. The molecule has 0 radical (unpaired) electrons. The summed E-state index contributed by atoms with van der Waals surface area (Å²) in [6, 6.07) is 9.35. The van der Waals surface area contributed by atoms with Crippen molar-refractivity contribution in [3.8, 4) is 11.5 Å². The molecule has 0 aliphatic carbocycles. The number of anilines is 1. The van der Waals surface area contributed by atoms with Crippen LogP contribution in [0.15, 0.2) is 46.2 Å². The standard InChI is InChI=1S/C23H20N4O4S2/c1-3-26-22(29)18(33-23(26)32)9-15-20(25-19-7-4-13(2)11-27(19)21(15)28)24-10-14-5-6-16-17(8-14)31-12-30-16/h4-9,11,24H,3,10,12H2,1-2H3/b18-9-. The first-order valence-electron chi connectivity index (χ1n) is 10.4. The van der Waals surface area contributed by atoms with Crippen LogP contribution in [0.2, 0.25) is 0 Å². The number of hydrogen-bond acceptors (Lipinski definition) is 8. The van der Waals surface area contributed by atoms with Gasteiger partial charge in [-0.3, -0.25) is 18.9 Å². The monoisotopic (exact) mass is 480 g/mol. The summed E-state index contributed by atoms with van der Waals surface area (Å²) in [4.78, 5) is 32.8. The van der Waals surface area contributed by atoms with E-state index in [0.29, 0.717) is 50.8 Å². The number of thioether (sulfide) groups is 1. The predicted octanol–water partition coefficient (Wildman–Crippen LogP) is 3.56. The number of carbonyl (C=O) groups is 1. The molecule has 4 heterocycles. The second kappa shape index (κ2) is 8.53. The summed E-state index contributed by atoms with van der Waals surface area (Å²) in [6.45, 7) is 4.85. The maximum absolute atomic E-state index is 13.4. The molecule has 1 fully saturated rings. The molecular weight excluding hydrogens is 460 g/mol. The van der Waals surface area contributed by atoms with Crippen LogP contribution in [0.25, 0.3) is 11.7 Å². The van der Waals surface area contributed by atoms with Gasteiger partial charge >= 0.3 is 0 Å². The van der Waals surface area contributed by atoms with Crippen LogP contribution in [-0.4, -0.2) is 37.8 Å². The average molecular weight is 481 g/mol. The van der Waals surface area contributed by atoms with Crippen molar-refractivity contribution in [1.82, 2.24) is 14.3 Å². The number of aromatic nitrogens is 2. The number of carbonyl (C=O) groups excluding carboxylic acids is 1. The molecule has 1 saturated heterocycles. The molecular formula is C23H20N4O4S2. The van der Waals surface area contributed by atoms with Gasteiger partial charge in [-0.2, -0.15) is 0 Å². The summed E-state index contributed by atoms with van der Waals surface area (Å²) in [5.41, 5.74) is 2.41. The van der Waals surface area contributed by atoms with Crippen LogP contribution in [0.3, 0.4) is 0 Å². The highest BCUT2D eigenvalue weighted by molar-refractivity contribution is 8.26. The molecule has 1 amide bonds. The zero-order valence-corrected chi connectivity index (χ0v) is 19.6. The van der Waals surface area contributed by atoms with Gasteiger partial charge in [-0.25, -0.2) is 4.98 Å². The summed E-state index contributed by atoms with van der Waals surface area (Å²) < 4.78 is 12.8. The van der Waals surface area contributed by atoms with E-state index in [1.54, 1.807) is 18.3 Å². The lowest BCUT2D eigenvalue weighted by Gasteiger charge is -2.12. The predicted molar refractivity (Wildman–Crippen MR) is 132 cm³/mol. The molecule has 0 unspecified atom stereocenters. The number of hydrogen-bond donors (Lipinski definition) is 1. The van der Waals surface area contributed by atoms with Crippen LogP contribution in [0, 0.1) is 6.92 Å². The highest BCUT2D eigenvalue weighted by Gasteiger charge is 2.31. The van der Waals surface area contributed by atoms with Crippen LogP contribution >= 0.6 is 24.0 Å². The van der Waals surface area contributed by atoms with E-state index in [0.717, 1.165) is 11.1 Å². The van der Waals surface area contributed by atoms with Gasteiger partial charge in [0.25, 0.3) is 11.5 Å². The van der Waals surface area contributed by atoms with E-state index < -0.39 is 0 Å². The highest BCUT2D eigenvalue weighted by atomic mass is 32.2. The maximum Gasteiger partial charge on any atom is 0.267 e. The third kappa shape index (κ3) is 3.96. The van der Waals surface area contributed by atoms with E-state index in [4.69, 9.17) is 21.7 Å². The Balaban J connectivity index is 1.56. The van der Waals surface area contributed by atoms with Gasteiger partial charge < -0.3 is 14.8 Å². The molecule has 2 aliphatic heterocycles. The van der Waals surface area contributed by atoms with Crippen LogP contribution in [0.4, 0.5) is 5.82 Å². The van der Waals surface area contributed by atoms with Crippen molar-refractivity contribution < 1.29 is 14.3 Å². The quantitative estimate of drug-likeness (QED) is 0.438. The summed E-state index contributed by atoms with van der Waals surface area (Å²) >= 11 is 6.50. The molecule has 0 saturated carbocycles. The lowest BCUT2D eigenvalue weighted by Crippen LogP contribution is -2.27. The van der Waals surface area contributed by atoms with E-state index in [2.05, 4.69) is 10.3 Å². The number of pyridine rings is 1. The third-order valence-corrected chi connectivity index (χ3v) is 6.75. The fourth-order valence-electron chi connectivity index (χ4n) is 3.66. The van der Waals surface area contributed by atoms with Crippen LogP contribution in [0.1, 0.15) is 23.6 Å². The molecule has 0 bridgehead atoms. The minimum absolute atomic E-state index is 0.203. The normalized spacial score (nSPS) is 16.3. The van der Waals surface area contributed by atoms with Gasteiger partial charge in [0.1, 0.15) is 15.8 Å². The molecule has 1 aromatic carbocycles. The number of nitrogens with one attached hydrogen (secondary N) is 1. The largest absolute Gasteiger partial charge is 0.454 e. The van der Waals surface area contributed by atoms with Crippen LogP contribution < -0.4 is 20.3 Å². The SMILES string of the molecule is CCN1C(=O)/C(=C/c2c(NCc3ccc4c(c3)OCO4)nc3ccc(C)cn3c2=O)SC1=S. The third-order valence-electron chi connectivity index (χ3n) is 5.37. The zero-order chi connectivity index (χ0) is 23.1. The minimum Gasteiger partial charge on any atom is -0.454 e. The Kier molecular flexibility index (Phi) is 5.55. The molecule has 2 aromatic heterocycles. The van der Waals surface area contributed by atoms with Gasteiger partial charge in [0.2, 0.25) is 6.79 Å². The number of benzene rings is 1. The first-order valence-corrected chi connectivity index (χ1v) is 11.6. The molecule has 1 N–H and O–H groups in total. The Morgan fingerprint density at radius 3 is 2.82 bits per heavy atom. The fourth-order valence-corrected chi connectivity index (χ4v) is 5.03. The molecule has 0 spiro atoms. The van der Waals surface area contributed by atoms with Gasteiger partial charge in [-0.15, -0.1) is 0 Å². The second-order valence-electron chi connectivity index (χ2n) is 7.58. The summed E-state index contributed by atoms with van der Waals surface area (Å²) in [5, 5.41) is 3.26. The van der Waals surface area contributed by atoms with Crippen molar-refractivity contribution in [3.63, 3.8) is 0 Å². The summed E-state index contributed by atoms with van der Waals surface area (Å²) in [5.74, 6) is 1.57. The van der Waals surface area contributed by atoms with Crippen LogP contribution in [-0.2, 0) is 11.3 Å². The molecule has 8 nitrogen and oxygen atoms in total. The maximum atomic E-state index is 13.4. The number of rotatable bonds is 5. The Labute approximate surface area is 199 Å². The van der Waals surface area contributed by atoms with E-state index in [9.17, 15) is 9.59 Å². The Morgan fingerprint density at radius 1 is 1.21 bits per heavy atom. The number of amides is 1. The van der Waals surface area contributed by atoms with Crippen molar-refractivity contribution in [3.05, 3.63) is 68.5 Å². The molecule has 3 aromatic rings. The van der Waals surface area contributed by atoms with E-state index >= 15 is 0 Å². The smallest absolute Gasteiger partial charge is 0.267 e. The van der Waals surface area contributed by atoms with Gasteiger partial charge in [-0.05, 0) is 49.2 Å². The lowest BCUT2D eigenvalue weighted by molar-refractivity contribution is -0.121. The fraction of sp³-hybridized carbons (Fsp3) is 0.217. The Bertz CT molecular complexity index is 1400. The van der Waals surface area contributed by atoms with Gasteiger partial charge in [0.15, 0.2) is 11.5 Å². The number of fused-ring (bicyclic) bond motifs is 2. The number of likely N-dealkylation sites (N-methyl/N-ethyl adjacent to an activating group) is 1. The second-order valence-corrected chi connectivity index (χ2v) is 9.26. The van der Waals surface area contributed by atoms with Crippen molar-refractivity contribution in [1.29, 1.82) is 0 Å². The van der Waals surface area contributed by atoms with Crippen molar-refractivity contribution in [2.45, 2.75) is 20.4 Å². The van der Waals surface area contributed by atoms with Crippen LogP contribution in [0.5, 0.6) is 11.5 Å². The first-order chi connectivity index (χ1) is 15.9. The molecule has 5 rings (SSSR count). The van der Waals surface area contributed by atoms with Gasteiger partial charge in [0.05, 0.1) is 10.5 Å². The number of aryl methyl sites for hydroxylation is 1. The van der Waals surface area contributed by atoms with Gasteiger partial charge in [-0.1, -0.05) is 36.1 Å². The minimum atomic E-state index is -0.265.